The normalized spacial score (nSPS) is 12.3. The summed E-state index contributed by atoms with van der Waals surface area (Å²) in [6.45, 7) is 3.51. The lowest BCUT2D eigenvalue weighted by Crippen LogP contribution is -2.25. The molecule has 0 aliphatic carbocycles. The molecule has 1 aromatic heterocycles. The average molecular weight is 458 g/mol. The predicted octanol–water partition coefficient (Wildman–Crippen LogP) is 3.54. The molecule has 1 heterocycles. The summed E-state index contributed by atoms with van der Waals surface area (Å²) >= 11 is 3.38. The number of nitrogens with zero attached hydrogens (tertiary/aromatic N) is 3. The van der Waals surface area contributed by atoms with Gasteiger partial charge in [-0.05, 0) is 37.3 Å². The first-order chi connectivity index (χ1) is 13.9. The van der Waals surface area contributed by atoms with Crippen molar-refractivity contribution in [3.63, 3.8) is 0 Å². The Hall–Kier alpha value is -3.00. The van der Waals surface area contributed by atoms with Gasteiger partial charge in [-0.25, -0.2) is 9.78 Å². The first kappa shape index (κ1) is 20.7. The molecular formula is C21H20BrN3O4. The monoisotopic (exact) mass is 457 g/mol. The zero-order valence-electron chi connectivity index (χ0n) is 16.3. The number of carbonyl (C=O) groups is 1. The zero-order valence-corrected chi connectivity index (χ0v) is 17.8. The highest BCUT2D eigenvalue weighted by Gasteiger charge is 2.16. The molecule has 0 bridgehead atoms. The SMILES string of the molecule is CCc1nc2ccc(Br)cc2c(=O)n1N=Cc1ccccc1O[C@H](C)C(=O)OC. The van der Waals surface area contributed by atoms with E-state index in [0.717, 1.165) is 4.47 Å². The molecular weight excluding hydrogens is 438 g/mol. The Kier molecular flexibility index (Phi) is 6.43. The molecule has 0 saturated carbocycles. The molecule has 8 heteroatoms. The number of methoxy groups -OCH3 is 1. The van der Waals surface area contributed by atoms with Crippen molar-refractivity contribution in [3.8, 4) is 5.75 Å². The third-order valence-electron chi connectivity index (χ3n) is 4.26. The molecule has 0 fully saturated rings. The molecule has 7 nitrogen and oxygen atoms in total. The third-order valence-corrected chi connectivity index (χ3v) is 4.75. The first-order valence-corrected chi connectivity index (χ1v) is 9.83. The first-order valence-electron chi connectivity index (χ1n) is 9.03. The van der Waals surface area contributed by atoms with Gasteiger partial charge in [-0.2, -0.15) is 9.78 Å². The standard InChI is InChI=1S/C21H20BrN3O4/c1-4-19-24-17-10-9-15(22)11-16(17)20(26)25(19)23-12-14-7-5-6-8-18(14)29-13(2)21(27)28-3/h5-13H,4H2,1-3H3/t13-/m1/s1. The molecule has 0 unspecified atom stereocenters. The Morgan fingerprint density at radius 3 is 2.79 bits per heavy atom. The summed E-state index contributed by atoms with van der Waals surface area (Å²) in [5, 5.41) is 4.83. The smallest absolute Gasteiger partial charge is 0.346 e. The molecule has 0 saturated heterocycles. The topological polar surface area (TPSA) is 82.8 Å². The molecule has 0 spiro atoms. The summed E-state index contributed by atoms with van der Waals surface area (Å²) in [4.78, 5) is 29.2. The van der Waals surface area contributed by atoms with Crippen molar-refractivity contribution in [3.05, 3.63) is 68.7 Å². The van der Waals surface area contributed by atoms with Gasteiger partial charge in [0.1, 0.15) is 11.6 Å². The average Bonchev–Trinajstić information content (AvgIpc) is 2.73. The minimum Gasteiger partial charge on any atom is -0.478 e. The molecule has 1 atom stereocenters. The number of carbonyl (C=O) groups excluding carboxylic acids is 1. The minimum atomic E-state index is -0.775. The number of ether oxygens (including phenoxy) is 2. The van der Waals surface area contributed by atoms with Crippen molar-refractivity contribution >= 4 is 39.0 Å². The van der Waals surface area contributed by atoms with E-state index in [1.165, 1.54) is 18.0 Å². The Morgan fingerprint density at radius 1 is 1.31 bits per heavy atom. The van der Waals surface area contributed by atoms with E-state index in [9.17, 15) is 9.59 Å². The summed E-state index contributed by atoms with van der Waals surface area (Å²) < 4.78 is 12.5. The predicted molar refractivity (Wildman–Crippen MR) is 115 cm³/mol. The maximum atomic E-state index is 13.0. The van der Waals surface area contributed by atoms with Crippen molar-refractivity contribution in [1.29, 1.82) is 0 Å². The van der Waals surface area contributed by atoms with E-state index >= 15 is 0 Å². The van der Waals surface area contributed by atoms with Crippen LogP contribution in [0.1, 0.15) is 25.2 Å². The number of para-hydroxylation sites is 1. The van der Waals surface area contributed by atoms with Gasteiger partial charge < -0.3 is 9.47 Å². The van der Waals surface area contributed by atoms with Gasteiger partial charge in [-0.3, -0.25) is 4.79 Å². The summed E-state index contributed by atoms with van der Waals surface area (Å²) in [6, 6.07) is 12.5. The van der Waals surface area contributed by atoms with Crippen LogP contribution in [0.5, 0.6) is 5.75 Å². The molecule has 150 valence electrons. The van der Waals surface area contributed by atoms with Crippen LogP contribution < -0.4 is 10.3 Å². The summed E-state index contributed by atoms with van der Waals surface area (Å²) in [7, 11) is 1.30. The molecule has 3 rings (SSSR count). The van der Waals surface area contributed by atoms with E-state index in [2.05, 4.69) is 26.0 Å². The van der Waals surface area contributed by atoms with Crippen molar-refractivity contribution < 1.29 is 14.3 Å². The Bertz CT molecular complexity index is 1140. The molecule has 3 aromatic rings. The lowest BCUT2D eigenvalue weighted by atomic mass is 10.2. The van der Waals surface area contributed by atoms with Crippen molar-refractivity contribution in [2.24, 2.45) is 5.10 Å². The second-order valence-electron chi connectivity index (χ2n) is 6.23. The highest BCUT2D eigenvalue weighted by molar-refractivity contribution is 9.10. The maximum Gasteiger partial charge on any atom is 0.346 e. The van der Waals surface area contributed by atoms with Gasteiger partial charge in [0, 0.05) is 16.5 Å². The fraction of sp³-hybridized carbons (Fsp3) is 0.238. The minimum absolute atomic E-state index is 0.259. The Labute approximate surface area is 176 Å². The van der Waals surface area contributed by atoms with Crippen LogP contribution in [0.3, 0.4) is 0 Å². The molecule has 0 aliphatic rings. The van der Waals surface area contributed by atoms with Gasteiger partial charge >= 0.3 is 5.97 Å². The van der Waals surface area contributed by atoms with Crippen LogP contribution in [-0.4, -0.2) is 35.1 Å². The lowest BCUT2D eigenvalue weighted by molar-refractivity contribution is -0.147. The quantitative estimate of drug-likeness (QED) is 0.417. The number of fused-ring (bicyclic) bond motifs is 1. The van der Waals surface area contributed by atoms with Crippen molar-refractivity contribution in [1.82, 2.24) is 9.66 Å². The van der Waals surface area contributed by atoms with E-state index < -0.39 is 12.1 Å². The lowest BCUT2D eigenvalue weighted by Gasteiger charge is -2.14. The number of esters is 1. The zero-order chi connectivity index (χ0) is 21.0. The van der Waals surface area contributed by atoms with Crippen LogP contribution in [0.2, 0.25) is 0 Å². The van der Waals surface area contributed by atoms with E-state index in [-0.39, 0.29) is 5.56 Å². The fourth-order valence-corrected chi connectivity index (χ4v) is 3.12. The van der Waals surface area contributed by atoms with E-state index in [4.69, 9.17) is 9.47 Å². The van der Waals surface area contributed by atoms with Gasteiger partial charge in [0.15, 0.2) is 6.10 Å². The number of rotatable bonds is 6. The van der Waals surface area contributed by atoms with Gasteiger partial charge in [-0.15, -0.1) is 0 Å². The molecule has 0 aliphatic heterocycles. The highest BCUT2D eigenvalue weighted by atomic mass is 79.9. The fourth-order valence-electron chi connectivity index (χ4n) is 2.76. The number of benzene rings is 2. The van der Waals surface area contributed by atoms with Gasteiger partial charge in [0.05, 0.1) is 24.2 Å². The summed E-state index contributed by atoms with van der Waals surface area (Å²) in [6.07, 6.45) is 1.28. The van der Waals surface area contributed by atoms with Gasteiger partial charge in [0.25, 0.3) is 5.56 Å². The van der Waals surface area contributed by atoms with Crippen LogP contribution in [-0.2, 0) is 16.0 Å². The summed E-state index contributed by atoms with van der Waals surface area (Å²) in [5.74, 6) is 0.518. The Balaban J connectivity index is 2.02. The summed E-state index contributed by atoms with van der Waals surface area (Å²) in [5.41, 5.74) is 0.981. The third kappa shape index (κ3) is 4.54. The van der Waals surface area contributed by atoms with Crippen LogP contribution in [0.15, 0.2) is 56.8 Å². The highest BCUT2D eigenvalue weighted by Crippen LogP contribution is 2.19. The van der Waals surface area contributed by atoms with Gasteiger partial charge in [0.2, 0.25) is 0 Å². The molecule has 0 radical (unpaired) electrons. The second-order valence-corrected chi connectivity index (χ2v) is 7.14. The molecule has 0 N–H and O–H groups in total. The molecule has 2 aromatic carbocycles. The van der Waals surface area contributed by atoms with Crippen molar-refractivity contribution in [2.75, 3.05) is 7.11 Å². The van der Waals surface area contributed by atoms with Crippen LogP contribution in [0, 0.1) is 0 Å². The van der Waals surface area contributed by atoms with Crippen LogP contribution >= 0.6 is 15.9 Å². The van der Waals surface area contributed by atoms with Gasteiger partial charge in [-0.1, -0.05) is 35.0 Å². The Morgan fingerprint density at radius 2 is 2.07 bits per heavy atom. The van der Waals surface area contributed by atoms with E-state index in [1.54, 1.807) is 37.3 Å². The largest absolute Gasteiger partial charge is 0.478 e. The number of halogens is 1. The number of hydrogen-bond acceptors (Lipinski definition) is 6. The number of aryl methyl sites for hydroxylation is 1. The van der Waals surface area contributed by atoms with E-state index in [0.29, 0.717) is 34.5 Å². The molecule has 29 heavy (non-hydrogen) atoms. The second kappa shape index (κ2) is 9.00. The van der Waals surface area contributed by atoms with Crippen LogP contribution in [0.4, 0.5) is 0 Å². The van der Waals surface area contributed by atoms with Crippen LogP contribution in [0.25, 0.3) is 10.9 Å². The van der Waals surface area contributed by atoms with Crippen molar-refractivity contribution in [2.45, 2.75) is 26.4 Å². The maximum absolute atomic E-state index is 13.0. The number of aromatic nitrogens is 2. The number of hydrogen-bond donors (Lipinski definition) is 0. The van der Waals surface area contributed by atoms with E-state index in [1.807, 2.05) is 19.1 Å². The molecule has 0 amide bonds.